The highest BCUT2D eigenvalue weighted by molar-refractivity contribution is 6.35. The molecule has 1 spiro atoms. The highest BCUT2D eigenvalue weighted by Gasteiger charge is 2.49. The molecule has 10 heteroatoms. The van der Waals surface area contributed by atoms with E-state index >= 15 is 0 Å². The minimum absolute atomic E-state index is 0.0763. The molecule has 1 saturated carbocycles. The van der Waals surface area contributed by atoms with Crippen molar-refractivity contribution < 1.29 is 19.1 Å². The average Bonchev–Trinajstić information content (AvgIpc) is 3.23. The molecule has 0 aromatic heterocycles. The number of carbonyl (C=O) groups excluding carboxylic acids is 3. The van der Waals surface area contributed by atoms with Crippen molar-refractivity contribution in [3.05, 3.63) is 28.2 Å². The molecule has 2 aliphatic heterocycles. The normalized spacial score (nSPS) is 24.0. The van der Waals surface area contributed by atoms with Gasteiger partial charge in [0.15, 0.2) is 6.61 Å². The topological polar surface area (TPSA) is 112 Å². The van der Waals surface area contributed by atoms with E-state index < -0.39 is 12.1 Å². The van der Waals surface area contributed by atoms with Gasteiger partial charge in [-0.3, -0.25) is 14.4 Å². The predicted molar refractivity (Wildman–Crippen MR) is 135 cm³/mol. The average molecular weight is 535 g/mol. The minimum Gasteiger partial charge on any atom is -0.482 e. The third-order valence-corrected chi connectivity index (χ3v) is 8.21. The Morgan fingerprint density at radius 3 is 2.72 bits per heavy atom. The van der Waals surface area contributed by atoms with Gasteiger partial charge in [-0.1, -0.05) is 42.5 Å². The standard InChI is InChI=1S/C26H32Cl2N4O4/c27-18-6-7-22(20(28)12-18)36-15-23(33)32-16-26(8-2-1-3-9-26)13-21(32)25(35)31-19(14-29)11-17-5-4-10-30-24(17)34/h6-7,12,17,19,21H,1-5,8-11,13,15-16H2,(H,30,34)(H,31,35)/t17-,19-,21-/m0/s1. The fraction of sp³-hybridized carbons (Fsp3) is 0.615. The van der Waals surface area contributed by atoms with Gasteiger partial charge in [-0.05, 0) is 62.1 Å². The number of rotatable bonds is 7. The number of ether oxygens (including phenoxy) is 1. The van der Waals surface area contributed by atoms with Crippen molar-refractivity contribution in [2.75, 3.05) is 19.7 Å². The van der Waals surface area contributed by atoms with Gasteiger partial charge in [0.2, 0.25) is 11.8 Å². The van der Waals surface area contributed by atoms with Crippen LogP contribution in [0.5, 0.6) is 5.75 Å². The summed E-state index contributed by atoms with van der Waals surface area (Å²) in [6, 6.07) is 5.43. The highest BCUT2D eigenvalue weighted by Crippen LogP contribution is 2.46. The summed E-state index contributed by atoms with van der Waals surface area (Å²) >= 11 is 12.1. The summed E-state index contributed by atoms with van der Waals surface area (Å²) in [6.45, 7) is 0.873. The van der Waals surface area contributed by atoms with Crippen LogP contribution in [0.2, 0.25) is 10.0 Å². The molecule has 3 aliphatic rings. The quantitative estimate of drug-likeness (QED) is 0.551. The van der Waals surface area contributed by atoms with Crippen molar-refractivity contribution in [3.63, 3.8) is 0 Å². The Kier molecular flexibility index (Phi) is 8.63. The van der Waals surface area contributed by atoms with Crippen LogP contribution < -0.4 is 15.4 Å². The van der Waals surface area contributed by atoms with Crippen LogP contribution in [-0.2, 0) is 14.4 Å². The molecule has 8 nitrogen and oxygen atoms in total. The number of nitrogens with zero attached hydrogens (tertiary/aromatic N) is 2. The monoisotopic (exact) mass is 534 g/mol. The number of nitriles is 1. The maximum Gasteiger partial charge on any atom is 0.261 e. The van der Waals surface area contributed by atoms with Crippen LogP contribution in [0.4, 0.5) is 0 Å². The molecule has 2 N–H and O–H groups in total. The first kappa shape index (κ1) is 26.6. The van der Waals surface area contributed by atoms with Crippen LogP contribution in [0.25, 0.3) is 0 Å². The summed E-state index contributed by atoms with van der Waals surface area (Å²) in [4.78, 5) is 40.4. The van der Waals surface area contributed by atoms with Gasteiger partial charge in [-0.15, -0.1) is 0 Å². The molecule has 3 fully saturated rings. The molecule has 3 amide bonds. The van der Waals surface area contributed by atoms with Gasteiger partial charge in [-0.25, -0.2) is 0 Å². The zero-order valence-corrected chi connectivity index (χ0v) is 21.7. The first-order valence-corrected chi connectivity index (χ1v) is 13.4. The molecule has 3 atom stereocenters. The van der Waals surface area contributed by atoms with E-state index in [1.165, 1.54) is 0 Å². The van der Waals surface area contributed by atoms with Crippen molar-refractivity contribution in [3.8, 4) is 11.8 Å². The Labute approximate surface area is 221 Å². The Bertz CT molecular complexity index is 1040. The number of nitrogens with one attached hydrogen (secondary N) is 2. The van der Waals surface area contributed by atoms with Gasteiger partial charge in [0, 0.05) is 24.0 Å². The van der Waals surface area contributed by atoms with E-state index in [1.54, 1.807) is 23.1 Å². The van der Waals surface area contributed by atoms with Gasteiger partial charge in [0.05, 0.1) is 11.1 Å². The number of hydrogen-bond donors (Lipinski definition) is 2. The van der Waals surface area contributed by atoms with E-state index in [-0.39, 0.29) is 42.1 Å². The van der Waals surface area contributed by atoms with E-state index in [0.29, 0.717) is 41.7 Å². The van der Waals surface area contributed by atoms with E-state index in [4.69, 9.17) is 27.9 Å². The lowest BCUT2D eigenvalue weighted by Gasteiger charge is -2.33. The number of carbonyl (C=O) groups is 3. The Morgan fingerprint density at radius 1 is 1.25 bits per heavy atom. The second-order valence-corrected chi connectivity index (χ2v) is 11.1. The van der Waals surface area contributed by atoms with Crippen LogP contribution in [0.1, 0.15) is 57.8 Å². The van der Waals surface area contributed by atoms with Gasteiger partial charge < -0.3 is 20.3 Å². The van der Waals surface area contributed by atoms with E-state index in [1.807, 2.05) is 0 Å². The third-order valence-electron chi connectivity index (χ3n) is 7.68. The summed E-state index contributed by atoms with van der Waals surface area (Å²) in [5, 5.41) is 16.1. The Hall–Kier alpha value is -2.50. The van der Waals surface area contributed by atoms with E-state index in [0.717, 1.165) is 38.5 Å². The summed E-state index contributed by atoms with van der Waals surface area (Å²) < 4.78 is 5.67. The number of likely N-dealkylation sites (tertiary alicyclic amines) is 1. The summed E-state index contributed by atoms with van der Waals surface area (Å²) in [5.74, 6) is -0.681. The van der Waals surface area contributed by atoms with Crippen LogP contribution in [0.15, 0.2) is 18.2 Å². The number of benzene rings is 1. The molecule has 1 aliphatic carbocycles. The largest absolute Gasteiger partial charge is 0.482 e. The summed E-state index contributed by atoms with van der Waals surface area (Å²) in [7, 11) is 0. The molecular formula is C26H32Cl2N4O4. The molecule has 36 heavy (non-hydrogen) atoms. The third kappa shape index (κ3) is 6.24. The van der Waals surface area contributed by atoms with Crippen LogP contribution >= 0.6 is 23.2 Å². The molecule has 2 saturated heterocycles. The second kappa shape index (κ2) is 11.7. The zero-order chi connectivity index (χ0) is 25.7. The highest BCUT2D eigenvalue weighted by atomic mass is 35.5. The van der Waals surface area contributed by atoms with Gasteiger partial charge in [0.25, 0.3) is 5.91 Å². The Balaban J connectivity index is 1.44. The molecule has 0 unspecified atom stereocenters. The van der Waals surface area contributed by atoms with Crippen LogP contribution in [-0.4, -0.2) is 54.4 Å². The molecular weight excluding hydrogens is 503 g/mol. The van der Waals surface area contributed by atoms with E-state index in [2.05, 4.69) is 16.7 Å². The minimum atomic E-state index is -0.796. The molecule has 0 radical (unpaired) electrons. The van der Waals surface area contributed by atoms with Crippen molar-refractivity contribution in [2.45, 2.75) is 69.9 Å². The lowest BCUT2D eigenvalue weighted by molar-refractivity contribution is -0.140. The van der Waals surface area contributed by atoms with Crippen molar-refractivity contribution >= 4 is 40.9 Å². The molecule has 0 bridgehead atoms. The fourth-order valence-electron chi connectivity index (χ4n) is 5.79. The van der Waals surface area contributed by atoms with E-state index in [9.17, 15) is 19.6 Å². The van der Waals surface area contributed by atoms with Crippen molar-refractivity contribution in [1.29, 1.82) is 5.26 Å². The maximum atomic E-state index is 13.4. The van der Waals surface area contributed by atoms with Crippen LogP contribution in [0.3, 0.4) is 0 Å². The number of hydrogen-bond acceptors (Lipinski definition) is 5. The number of piperidine rings is 1. The fourth-order valence-corrected chi connectivity index (χ4v) is 6.25. The van der Waals surface area contributed by atoms with Crippen molar-refractivity contribution in [2.24, 2.45) is 11.3 Å². The first-order chi connectivity index (χ1) is 17.3. The maximum absolute atomic E-state index is 13.4. The molecule has 194 valence electrons. The smallest absolute Gasteiger partial charge is 0.261 e. The lowest BCUT2D eigenvalue weighted by Crippen LogP contribution is -2.50. The first-order valence-electron chi connectivity index (χ1n) is 12.7. The summed E-state index contributed by atoms with van der Waals surface area (Å²) in [6.07, 6.45) is 7.62. The van der Waals surface area contributed by atoms with Gasteiger partial charge in [-0.2, -0.15) is 5.26 Å². The number of amides is 3. The lowest BCUT2D eigenvalue weighted by atomic mass is 9.72. The van der Waals surface area contributed by atoms with Crippen LogP contribution in [0, 0.1) is 22.7 Å². The van der Waals surface area contributed by atoms with Gasteiger partial charge >= 0.3 is 0 Å². The molecule has 1 aromatic rings. The SMILES string of the molecule is N#C[C@H](C[C@@H]1CCCNC1=O)NC(=O)[C@@H]1CC2(CCCCC2)CN1C(=O)COc1ccc(Cl)cc1Cl. The summed E-state index contributed by atoms with van der Waals surface area (Å²) in [5.41, 5.74) is -0.0980. The second-order valence-electron chi connectivity index (χ2n) is 10.2. The molecule has 1 aromatic carbocycles. The predicted octanol–water partition coefficient (Wildman–Crippen LogP) is 3.85. The molecule has 2 heterocycles. The zero-order valence-electron chi connectivity index (χ0n) is 20.2. The number of halogens is 2. The Morgan fingerprint density at radius 2 is 2.03 bits per heavy atom. The van der Waals surface area contributed by atoms with Gasteiger partial charge in [0.1, 0.15) is 17.8 Å². The van der Waals surface area contributed by atoms with Crippen molar-refractivity contribution in [1.82, 2.24) is 15.5 Å². The molecule has 4 rings (SSSR count).